The Morgan fingerprint density at radius 3 is 2.68 bits per heavy atom. The second-order valence-corrected chi connectivity index (χ2v) is 7.75. The van der Waals surface area contributed by atoms with Gasteiger partial charge in [0.05, 0.1) is 26.2 Å². The molecule has 0 atom stereocenters. The summed E-state index contributed by atoms with van der Waals surface area (Å²) in [6.45, 7) is 6.24. The zero-order valence-corrected chi connectivity index (χ0v) is 16.5. The molecule has 1 heterocycles. The van der Waals surface area contributed by atoms with E-state index < -0.39 is 0 Å². The fourth-order valence-corrected chi connectivity index (χ4v) is 3.78. The molecule has 1 aliphatic heterocycles. The molecule has 0 spiro atoms. The number of anilines is 2. The molecule has 0 aromatic heterocycles. The average molecular weight is 424 g/mol. The van der Waals surface area contributed by atoms with Crippen LogP contribution in [0.1, 0.15) is 5.56 Å². The maximum atomic E-state index is 12.3. The number of hydrogen-bond donors (Lipinski definition) is 2. The van der Waals surface area contributed by atoms with Gasteiger partial charge in [-0.15, -0.1) is 0 Å². The highest BCUT2D eigenvalue weighted by atomic mass is 79.9. The Morgan fingerprint density at radius 1 is 1.24 bits per heavy atom. The second kappa shape index (κ2) is 8.21. The van der Waals surface area contributed by atoms with Crippen LogP contribution in [0.15, 0.2) is 46.9 Å². The molecular weight excluding hydrogens is 402 g/mol. The van der Waals surface area contributed by atoms with Gasteiger partial charge in [0, 0.05) is 20.9 Å². The molecule has 25 heavy (non-hydrogen) atoms. The van der Waals surface area contributed by atoms with E-state index in [2.05, 4.69) is 32.2 Å². The van der Waals surface area contributed by atoms with Crippen molar-refractivity contribution in [3.05, 3.63) is 57.5 Å². The van der Waals surface area contributed by atoms with Gasteiger partial charge in [-0.05, 0) is 48.9 Å². The topological polar surface area (TPSA) is 36.8 Å². The van der Waals surface area contributed by atoms with Gasteiger partial charge in [-0.2, -0.15) is 0 Å². The first-order valence-corrected chi connectivity index (χ1v) is 9.58. The van der Waals surface area contributed by atoms with Crippen molar-refractivity contribution in [3.8, 4) is 0 Å². The summed E-state index contributed by atoms with van der Waals surface area (Å²) in [7, 11) is 0. The molecule has 1 aliphatic rings. The Morgan fingerprint density at radius 2 is 2.00 bits per heavy atom. The van der Waals surface area contributed by atoms with Crippen molar-refractivity contribution < 1.29 is 9.69 Å². The highest BCUT2D eigenvalue weighted by molar-refractivity contribution is 9.10. The van der Waals surface area contributed by atoms with Gasteiger partial charge < -0.3 is 15.1 Å². The predicted octanol–water partition coefficient (Wildman–Crippen LogP) is 2.75. The number of nitrogens with one attached hydrogen (secondary N) is 2. The number of carbonyl (C=O) groups excluding carboxylic acids is 1. The molecule has 1 saturated heterocycles. The molecule has 0 saturated carbocycles. The first-order valence-electron chi connectivity index (χ1n) is 8.41. The second-order valence-electron chi connectivity index (χ2n) is 6.40. The molecule has 0 bridgehead atoms. The number of hydrogen-bond acceptors (Lipinski definition) is 2. The first kappa shape index (κ1) is 18.2. The number of rotatable bonds is 4. The number of halogens is 2. The Hall–Kier alpha value is -1.56. The molecule has 4 nitrogen and oxygen atoms in total. The van der Waals surface area contributed by atoms with Gasteiger partial charge in [0.2, 0.25) is 0 Å². The molecule has 2 aromatic carbocycles. The smallest absolute Gasteiger partial charge is 0.279 e. The van der Waals surface area contributed by atoms with Gasteiger partial charge in [0.15, 0.2) is 6.54 Å². The first-order chi connectivity index (χ1) is 12.0. The van der Waals surface area contributed by atoms with Crippen molar-refractivity contribution in [1.82, 2.24) is 0 Å². The Balaban J connectivity index is 1.51. The summed E-state index contributed by atoms with van der Waals surface area (Å²) in [6, 6.07) is 13.8. The summed E-state index contributed by atoms with van der Waals surface area (Å²) < 4.78 is 1.02. The van der Waals surface area contributed by atoms with Crippen molar-refractivity contribution in [2.45, 2.75) is 6.92 Å². The van der Waals surface area contributed by atoms with E-state index in [-0.39, 0.29) is 5.91 Å². The van der Waals surface area contributed by atoms with Crippen LogP contribution >= 0.6 is 27.5 Å². The maximum Gasteiger partial charge on any atom is 0.279 e. The monoisotopic (exact) mass is 422 g/mol. The summed E-state index contributed by atoms with van der Waals surface area (Å²) in [4.78, 5) is 16.0. The fourth-order valence-electron chi connectivity index (χ4n) is 3.12. The van der Waals surface area contributed by atoms with E-state index in [4.69, 9.17) is 11.6 Å². The van der Waals surface area contributed by atoms with Gasteiger partial charge in [-0.1, -0.05) is 33.6 Å². The largest absolute Gasteiger partial charge is 0.360 e. The van der Waals surface area contributed by atoms with Crippen molar-refractivity contribution >= 4 is 44.8 Å². The van der Waals surface area contributed by atoms with Crippen LogP contribution < -0.4 is 15.1 Å². The van der Waals surface area contributed by atoms with Crippen LogP contribution in [-0.4, -0.2) is 38.6 Å². The zero-order chi connectivity index (χ0) is 17.8. The number of carbonyl (C=O) groups is 1. The number of benzene rings is 2. The third-order valence-electron chi connectivity index (χ3n) is 4.52. The summed E-state index contributed by atoms with van der Waals surface area (Å²) in [5, 5.41) is 3.78. The molecule has 6 heteroatoms. The normalized spacial score (nSPS) is 15.2. The van der Waals surface area contributed by atoms with Crippen LogP contribution in [0.5, 0.6) is 0 Å². The molecule has 0 aliphatic carbocycles. The van der Waals surface area contributed by atoms with Crippen LogP contribution in [0.2, 0.25) is 5.02 Å². The van der Waals surface area contributed by atoms with E-state index >= 15 is 0 Å². The molecule has 0 radical (unpaired) electrons. The van der Waals surface area contributed by atoms with Gasteiger partial charge in [-0.25, -0.2) is 0 Å². The standard InChI is InChI=1S/C19H21BrClN3O/c1-14-11-15(20)5-6-18(14)22-19(25)13-23-7-9-24(10-8-23)17-4-2-3-16(21)12-17/h2-6,11-12H,7-10,13H2,1H3,(H,22,25)/p+1. The lowest BCUT2D eigenvalue weighted by Gasteiger charge is -2.33. The lowest BCUT2D eigenvalue weighted by atomic mass is 10.2. The number of aryl methyl sites for hydroxylation is 1. The molecule has 2 aromatic rings. The van der Waals surface area contributed by atoms with Gasteiger partial charge in [0.25, 0.3) is 5.91 Å². The van der Waals surface area contributed by atoms with Gasteiger partial charge >= 0.3 is 0 Å². The Bertz CT molecular complexity index is 760. The average Bonchev–Trinajstić information content (AvgIpc) is 2.58. The molecule has 1 amide bonds. The number of piperazine rings is 1. The summed E-state index contributed by atoms with van der Waals surface area (Å²) in [6.07, 6.45) is 0. The molecule has 1 fully saturated rings. The quantitative estimate of drug-likeness (QED) is 0.793. The van der Waals surface area contributed by atoms with Crippen LogP contribution in [-0.2, 0) is 4.79 Å². The third kappa shape index (κ3) is 4.97. The van der Waals surface area contributed by atoms with E-state index in [9.17, 15) is 4.79 Å². The van der Waals surface area contributed by atoms with Crippen molar-refractivity contribution in [3.63, 3.8) is 0 Å². The van der Waals surface area contributed by atoms with E-state index in [1.807, 2.05) is 43.3 Å². The van der Waals surface area contributed by atoms with E-state index in [1.165, 1.54) is 4.90 Å². The van der Waals surface area contributed by atoms with Crippen molar-refractivity contribution in [1.29, 1.82) is 0 Å². The summed E-state index contributed by atoms with van der Waals surface area (Å²) in [5.74, 6) is 0.0663. The third-order valence-corrected chi connectivity index (χ3v) is 5.25. The maximum absolute atomic E-state index is 12.3. The number of amides is 1. The fraction of sp³-hybridized carbons (Fsp3) is 0.316. The van der Waals surface area contributed by atoms with Crippen LogP contribution in [0.25, 0.3) is 0 Å². The summed E-state index contributed by atoms with van der Waals surface area (Å²) >= 11 is 9.52. The van der Waals surface area contributed by atoms with Gasteiger partial charge in [-0.3, -0.25) is 4.79 Å². The van der Waals surface area contributed by atoms with Gasteiger partial charge in [0.1, 0.15) is 0 Å². The molecule has 132 valence electrons. The molecule has 3 rings (SSSR count). The van der Waals surface area contributed by atoms with Crippen LogP contribution in [0.4, 0.5) is 11.4 Å². The highest BCUT2D eigenvalue weighted by Gasteiger charge is 2.22. The lowest BCUT2D eigenvalue weighted by Crippen LogP contribution is -3.15. The molecular formula is C19H22BrClN3O+. The van der Waals surface area contributed by atoms with Crippen molar-refractivity contribution in [2.75, 3.05) is 42.9 Å². The van der Waals surface area contributed by atoms with Crippen molar-refractivity contribution in [2.24, 2.45) is 0 Å². The summed E-state index contributed by atoms with van der Waals surface area (Å²) in [5.41, 5.74) is 3.09. The van der Waals surface area contributed by atoms with E-state index in [0.717, 1.165) is 52.6 Å². The minimum atomic E-state index is 0.0663. The zero-order valence-electron chi connectivity index (χ0n) is 14.2. The predicted molar refractivity (Wildman–Crippen MR) is 107 cm³/mol. The molecule has 2 N–H and O–H groups in total. The molecule has 0 unspecified atom stereocenters. The number of quaternary nitrogens is 1. The van der Waals surface area contributed by atoms with E-state index in [0.29, 0.717) is 6.54 Å². The van der Waals surface area contributed by atoms with Crippen LogP contribution in [0, 0.1) is 6.92 Å². The highest BCUT2D eigenvalue weighted by Crippen LogP contribution is 2.20. The van der Waals surface area contributed by atoms with Crippen LogP contribution in [0.3, 0.4) is 0 Å². The van der Waals surface area contributed by atoms with E-state index in [1.54, 1.807) is 0 Å². The Kier molecular flexibility index (Phi) is 5.99. The minimum Gasteiger partial charge on any atom is -0.360 e. The lowest BCUT2D eigenvalue weighted by molar-refractivity contribution is -0.892. The minimum absolute atomic E-state index is 0.0663. The SMILES string of the molecule is Cc1cc(Br)ccc1NC(=O)C[NH+]1CCN(c2cccc(Cl)c2)CC1. The Labute approximate surface area is 161 Å². The number of nitrogens with zero attached hydrogens (tertiary/aromatic N) is 1.